The highest BCUT2D eigenvalue weighted by molar-refractivity contribution is 6.32. The molecular weight excluding hydrogens is 330 g/mol. The molecule has 0 aliphatic rings. The molecule has 2 nitrogen and oxygen atoms in total. The molecule has 0 aliphatic heterocycles. The Labute approximate surface area is 154 Å². The maximum atomic E-state index is 6.38. The fourth-order valence-corrected chi connectivity index (χ4v) is 2.83. The zero-order valence-corrected chi connectivity index (χ0v) is 15.3. The van der Waals surface area contributed by atoms with E-state index in [4.69, 9.17) is 16.3 Å². The van der Waals surface area contributed by atoms with E-state index in [0.29, 0.717) is 17.4 Å². The van der Waals surface area contributed by atoms with Crippen LogP contribution in [0.25, 0.3) is 0 Å². The van der Waals surface area contributed by atoms with Crippen molar-refractivity contribution in [2.75, 3.05) is 5.32 Å². The number of ether oxygens (including phenoxy) is 1. The SMILES string of the molecule is Cc1ccc(COc2ccc(CNc3cccc(C)c3)cc2Cl)cc1. The first-order valence-corrected chi connectivity index (χ1v) is 8.75. The van der Waals surface area contributed by atoms with Crippen molar-refractivity contribution in [1.82, 2.24) is 0 Å². The van der Waals surface area contributed by atoms with Crippen molar-refractivity contribution in [3.8, 4) is 5.75 Å². The smallest absolute Gasteiger partial charge is 0.138 e. The Morgan fingerprint density at radius 3 is 2.32 bits per heavy atom. The van der Waals surface area contributed by atoms with Crippen LogP contribution in [0.4, 0.5) is 5.69 Å². The van der Waals surface area contributed by atoms with Gasteiger partial charge in [0.25, 0.3) is 0 Å². The molecule has 0 saturated carbocycles. The summed E-state index contributed by atoms with van der Waals surface area (Å²) in [6, 6.07) is 22.6. The highest BCUT2D eigenvalue weighted by Crippen LogP contribution is 2.27. The van der Waals surface area contributed by atoms with Crippen LogP contribution in [0.2, 0.25) is 5.02 Å². The molecule has 0 radical (unpaired) electrons. The van der Waals surface area contributed by atoms with Crippen LogP contribution in [-0.2, 0) is 13.2 Å². The van der Waals surface area contributed by atoms with Gasteiger partial charge < -0.3 is 10.1 Å². The molecule has 0 spiro atoms. The lowest BCUT2D eigenvalue weighted by Crippen LogP contribution is -2.00. The number of rotatable bonds is 6. The second-order valence-electron chi connectivity index (χ2n) is 6.26. The Balaban J connectivity index is 1.59. The van der Waals surface area contributed by atoms with Crippen LogP contribution in [-0.4, -0.2) is 0 Å². The molecule has 0 aliphatic carbocycles. The van der Waals surface area contributed by atoms with Crippen molar-refractivity contribution in [2.24, 2.45) is 0 Å². The third-order valence-corrected chi connectivity index (χ3v) is 4.32. The van der Waals surface area contributed by atoms with E-state index in [1.165, 1.54) is 11.1 Å². The van der Waals surface area contributed by atoms with Crippen molar-refractivity contribution < 1.29 is 4.74 Å². The number of halogens is 1. The molecule has 0 fully saturated rings. The van der Waals surface area contributed by atoms with Crippen LogP contribution >= 0.6 is 11.6 Å². The Morgan fingerprint density at radius 2 is 1.60 bits per heavy atom. The third kappa shape index (κ3) is 5.01. The first-order valence-electron chi connectivity index (χ1n) is 8.37. The number of anilines is 1. The summed E-state index contributed by atoms with van der Waals surface area (Å²) < 4.78 is 5.84. The third-order valence-electron chi connectivity index (χ3n) is 4.03. The highest BCUT2D eigenvalue weighted by Gasteiger charge is 2.04. The van der Waals surface area contributed by atoms with E-state index in [1.807, 2.05) is 24.3 Å². The molecule has 3 aromatic carbocycles. The van der Waals surface area contributed by atoms with E-state index in [-0.39, 0.29) is 0 Å². The predicted octanol–water partition coefficient (Wildman–Crippen LogP) is 6.15. The molecule has 3 rings (SSSR count). The minimum Gasteiger partial charge on any atom is -0.487 e. The van der Waals surface area contributed by atoms with Gasteiger partial charge in [-0.05, 0) is 54.8 Å². The van der Waals surface area contributed by atoms with Crippen LogP contribution < -0.4 is 10.1 Å². The lowest BCUT2D eigenvalue weighted by Gasteiger charge is -2.11. The molecular formula is C22H22ClNO. The van der Waals surface area contributed by atoms with Crippen LogP contribution in [0.1, 0.15) is 22.3 Å². The maximum Gasteiger partial charge on any atom is 0.138 e. The van der Waals surface area contributed by atoms with Gasteiger partial charge in [-0.3, -0.25) is 0 Å². The summed E-state index contributed by atoms with van der Waals surface area (Å²) in [4.78, 5) is 0. The summed E-state index contributed by atoms with van der Waals surface area (Å²) in [5.41, 5.74) is 5.84. The zero-order chi connectivity index (χ0) is 17.6. The van der Waals surface area contributed by atoms with Gasteiger partial charge in [0.1, 0.15) is 12.4 Å². The summed E-state index contributed by atoms with van der Waals surface area (Å²) in [7, 11) is 0. The lowest BCUT2D eigenvalue weighted by molar-refractivity contribution is 0.306. The van der Waals surface area contributed by atoms with Crippen LogP contribution in [0.15, 0.2) is 66.7 Å². The molecule has 0 amide bonds. The number of hydrogen-bond acceptors (Lipinski definition) is 2. The van der Waals surface area contributed by atoms with Gasteiger partial charge in [0.15, 0.2) is 0 Å². The van der Waals surface area contributed by atoms with Gasteiger partial charge in [-0.1, -0.05) is 59.6 Å². The first-order chi connectivity index (χ1) is 12.1. The Hall–Kier alpha value is -2.45. The normalized spacial score (nSPS) is 10.5. The Morgan fingerprint density at radius 1 is 0.840 bits per heavy atom. The first kappa shape index (κ1) is 17.4. The molecule has 3 heteroatoms. The van der Waals surface area contributed by atoms with Crippen molar-refractivity contribution >= 4 is 17.3 Å². The topological polar surface area (TPSA) is 21.3 Å². The molecule has 128 valence electrons. The quantitative estimate of drug-likeness (QED) is 0.575. The molecule has 25 heavy (non-hydrogen) atoms. The van der Waals surface area contributed by atoms with Gasteiger partial charge >= 0.3 is 0 Å². The zero-order valence-electron chi connectivity index (χ0n) is 14.6. The molecule has 0 unspecified atom stereocenters. The molecule has 3 aromatic rings. The van der Waals surface area contributed by atoms with E-state index in [2.05, 4.69) is 61.6 Å². The van der Waals surface area contributed by atoms with Gasteiger partial charge in [0, 0.05) is 12.2 Å². The average molecular weight is 352 g/mol. The van der Waals surface area contributed by atoms with Gasteiger partial charge in [-0.25, -0.2) is 0 Å². The number of aryl methyl sites for hydroxylation is 2. The minimum absolute atomic E-state index is 0.515. The molecule has 0 heterocycles. The van der Waals surface area contributed by atoms with Crippen LogP contribution in [0, 0.1) is 13.8 Å². The van der Waals surface area contributed by atoms with E-state index in [9.17, 15) is 0 Å². The van der Waals surface area contributed by atoms with Crippen LogP contribution in [0.5, 0.6) is 5.75 Å². The summed E-state index contributed by atoms with van der Waals surface area (Å²) in [6.07, 6.45) is 0. The van der Waals surface area contributed by atoms with Gasteiger partial charge in [0.05, 0.1) is 5.02 Å². The number of nitrogens with one attached hydrogen (secondary N) is 1. The van der Waals surface area contributed by atoms with Crippen LogP contribution in [0.3, 0.4) is 0 Å². The van der Waals surface area contributed by atoms with E-state index in [0.717, 1.165) is 23.4 Å². The van der Waals surface area contributed by atoms with Crippen molar-refractivity contribution in [1.29, 1.82) is 0 Å². The second kappa shape index (κ2) is 8.09. The predicted molar refractivity (Wildman–Crippen MR) is 105 cm³/mol. The van der Waals surface area contributed by atoms with E-state index >= 15 is 0 Å². The molecule has 0 saturated heterocycles. The molecule has 0 bridgehead atoms. The average Bonchev–Trinajstić information content (AvgIpc) is 2.61. The number of hydrogen-bond donors (Lipinski definition) is 1. The molecule has 0 aromatic heterocycles. The van der Waals surface area contributed by atoms with E-state index in [1.54, 1.807) is 0 Å². The van der Waals surface area contributed by atoms with Crippen molar-refractivity contribution in [2.45, 2.75) is 27.0 Å². The van der Waals surface area contributed by atoms with E-state index < -0.39 is 0 Å². The van der Waals surface area contributed by atoms with Gasteiger partial charge in [-0.15, -0.1) is 0 Å². The lowest BCUT2D eigenvalue weighted by atomic mass is 10.1. The second-order valence-corrected chi connectivity index (χ2v) is 6.67. The van der Waals surface area contributed by atoms with Crippen molar-refractivity contribution in [3.05, 3.63) is 94.0 Å². The van der Waals surface area contributed by atoms with Crippen molar-refractivity contribution in [3.63, 3.8) is 0 Å². The largest absolute Gasteiger partial charge is 0.487 e. The Bertz CT molecular complexity index is 843. The fraction of sp³-hybridized carbons (Fsp3) is 0.182. The fourth-order valence-electron chi connectivity index (χ4n) is 2.58. The summed E-state index contributed by atoms with van der Waals surface area (Å²) in [5.74, 6) is 0.710. The highest BCUT2D eigenvalue weighted by atomic mass is 35.5. The maximum absolute atomic E-state index is 6.38. The molecule has 1 N–H and O–H groups in total. The monoisotopic (exact) mass is 351 g/mol. The molecule has 0 atom stereocenters. The van der Waals surface area contributed by atoms with Gasteiger partial charge in [-0.2, -0.15) is 0 Å². The van der Waals surface area contributed by atoms with Gasteiger partial charge in [0.2, 0.25) is 0 Å². The summed E-state index contributed by atoms with van der Waals surface area (Å²) in [5, 5.41) is 4.05. The standard InChI is InChI=1S/C22H22ClNO/c1-16-6-8-18(9-7-16)15-25-22-11-10-19(13-21(22)23)14-24-20-5-3-4-17(2)12-20/h3-13,24H,14-15H2,1-2H3. The minimum atomic E-state index is 0.515. The summed E-state index contributed by atoms with van der Waals surface area (Å²) in [6.45, 7) is 5.40. The number of benzene rings is 3. The summed E-state index contributed by atoms with van der Waals surface area (Å²) >= 11 is 6.38. The Kier molecular flexibility index (Phi) is 5.62.